The molecular weight excluding hydrogens is 350 g/mol. The van der Waals surface area contributed by atoms with Crippen LogP contribution in [-0.2, 0) is 5.75 Å². The lowest BCUT2D eigenvalue weighted by atomic mass is 10.2. The molecular formula is C18H19N5O2S. The Morgan fingerprint density at radius 1 is 1.23 bits per heavy atom. The SMILES string of the molecule is Cc1cccc(CSc2nnc(C(C)N)n2-c2ccc([N+](=O)[O-])cc2)c1. The third-order valence-corrected chi connectivity index (χ3v) is 4.83. The standard InChI is InChI=1S/C18H19N5O2S/c1-12-4-3-5-14(10-12)11-26-18-21-20-17(13(2)19)22(18)15-6-8-16(9-7-15)23(24)25/h3-10,13H,11,19H2,1-2H3. The van der Waals surface area contributed by atoms with Crippen LogP contribution in [0.1, 0.15) is 29.9 Å². The Bertz CT molecular complexity index is 922. The van der Waals surface area contributed by atoms with Gasteiger partial charge in [0.15, 0.2) is 11.0 Å². The monoisotopic (exact) mass is 369 g/mol. The molecule has 2 aromatic carbocycles. The van der Waals surface area contributed by atoms with Crippen molar-refractivity contribution < 1.29 is 4.92 Å². The zero-order valence-electron chi connectivity index (χ0n) is 14.5. The van der Waals surface area contributed by atoms with E-state index in [0.29, 0.717) is 11.0 Å². The summed E-state index contributed by atoms with van der Waals surface area (Å²) in [5, 5.41) is 20.1. The molecule has 0 bridgehead atoms. The summed E-state index contributed by atoms with van der Waals surface area (Å²) in [6, 6.07) is 14.3. The van der Waals surface area contributed by atoms with Crippen LogP contribution in [0.2, 0.25) is 0 Å². The number of nitro groups is 1. The van der Waals surface area contributed by atoms with Crippen molar-refractivity contribution >= 4 is 17.4 Å². The van der Waals surface area contributed by atoms with Crippen molar-refractivity contribution in [2.24, 2.45) is 5.73 Å². The van der Waals surface area contributed by atoms with Crippen LogP contribution in [0.25, 0.3) is 5.69 Å². The molecule has 0 fully saturated rings. The van der Waals surface area contributed by atoms with E-state index in [-0.39, 0.29) is 11.7 Å². The Morgan fingerprint density at radius 2 is 1.96 bits per heavy atom. The lowest BCUT2D eigenvalue weighted by Crippen LogP contribution is -2.13. The first-order chi connectivity index (χ1) is 12.5. The highest BCUT2D eigenvalue weighted by molar-refractivity contribution is 7.98. The van der Waals surface area contributed by atoms with Gasteiger partial charge in [0, 0.05) is 23.6 Å². The largest absolute Gasteiger partial charge is 0.322 e. The van der Waals surface area contributed by atoms with E-state index < -0.39 is 4.92 Å². The summed E-state index contributed by atoms with van der Waals surface area (Å²) in [5.74, 6) is 1.36. The molecule has 8 heteroatoms. The van der Waals surface area contributed by atoms with Gasteiger partial charge in [-0.3, -0.25) is 14.7 Å². The van der Waals surface area contributed by atoms with Gasteiger partial charge in [-0.25, -0.2) is 0 Å². The highest BCUT2D eigenvalue weighted by Crippen LogP contribution is 2.28. The van der Waals surface area contributed by atoms with Gasteiger partial charge < -0.3 is 5.73 Å². The fourth-order valence-corrected chi connectivity index (χ4v) is 3.49. The van der Waals surface area contributed by atoms with Crippen LogP contribution >= 0.6 is 11.8 Å². The molecule has 1 atom stereocenters. The number of non-ortho nitro benzene ring substituents is 1. The summed E-state index contributed by atoms with van der Waals surface area (Å²) in [7, 11) is 0. The van der Waals surface area contributed by atoms with Crippen molar-refractivity contribution in [3.8, 4) is 5.69 Å². The van der Waals surface area contributed by atoms with E-state index in [2.05, 4.69) is 35.3 Å². The number of hydrogen-bond acceptors (Lipinski definition) is 6. The van der Waals surface area contributed by atoms with Gasteiger partial charge >= 0.3 is 0 Å². The number of hydrogen-bond donors (Lipinski definition) is 1. The Hall–Kier alpha value is -2.71. The average molecular weight is 369 g/mol. The predicted octanol–water partition coefficient (Wildman–Crippen LogP) is 3.80. The van der Waals surface area contributed by atoms with Gasteiger partial charge in [0.05, 0.1) is 11.0 Å². The molecule has 0 aliphatic carbocycles. The number of rotatable bonds is 6. The van der Waals surface area contributed by atoms with Crippen LogP contribution in [0, 0.1) is 17.0 Å². The van der Waals surface area contributed by atoms with E-state index in [1.165, 1.54) is 23.3 Å². The van der Waals surface area contributed by atoms with Crippen molar-refractivity contribution in [1.29, 1.82) is 0 Å². The van der Waals surface area contributed by atoms with Gasteiger partial charge in [-0.05, 0) is 31.5 Å². The average Bonchev–Trinajstić information content (AvgIpc) is 3.04. The lowest BCUT2D eigenvalue weighted by Gasteiger charge is -2.12. The molecule has 3 aromatic rings. The summed E-state index contributed by atoms with van der Waals surface area (Å²) in [6.07, 6.45) is 0. The van der Waals surface area contributed by atoms with Crippen LogP contribution in [0.15, 0.2) is 53.7 Å². The Balaban J connectivity index is 1.92. The van der Waals surface area contributed by atoms with Crippen molar-refractivity contribution in [2.75, 3.05) is 0 Å². The summed E-state index contributed by atoms with van der Waals surface area (Å²) < 4.78 is 1.86. The highest BCUT2D eigenvalue weighted by atomic mass is 32.2. The molecule has 0 aliphatic heterocycles. The van der Waals surface area contributed by atoms with Gasteiger partial charge in [-0.1, -0.05) is 41.6 Å². The Labute approximate surface area is 155 Å². The van der Waals surface area contributed by atoms with Crippen LogP contribution in [0.4, 0.5) is 5.69 Å². The first-order valence-electron chi connectivity index (χ1n) is 8.10. The number of aryl methyl sites for hydroxylation is 1. The van der Waals surface area contributed by atoms with E-state index in [1.807, 2.05) is 17.6 Å². The topological polar surface area (TPSA) is 99.9 Å². The fourth-order valence-electron chi connectivity index (χ4n) is 2.59. The number of aromatic nitrogens is 3. The van der Waals surface area contributed by atoms with Gasteiger partial charge in [-0.2, -0.15) is 0 Å². The first kappa shape index (κ1) is 18.1. The normalized spacial score (nSPS) is 12.1. The van der Waals surface area contributed by atoms with Crippen LogP contribution in [0.5, 0.6) is 0 Å². The molecule has 0 saturated heterocycles. The molecule has 0 radical (unpaired) electrons. The molecule has 0 saturated carbocycles. The number of thioether (sulfide) groups is 1. The third kappa shape index (κ3) is 3.92. The second-order valence-corrected chi connectivity index (χ2v) is 6.96. The molecule has 0 spiro atoms. The van der Waals surface area contributed by atoms with Crippen molar-refractivity contribution in [3.05, 3.63) is 75.6 Å². The molecule has 3 rings (SSSR count). The minimum absolute atomic E-state index is 0.0399. The van der Waals surface area contributed by atoms with Gasteiger partial charge in [0.2, 0.25) is 0 Å². The van der Waals surface area contributed by atoms with E-state index in [0.717, 1.165) is 11.4 Å². The van der Waals surface area contributed by atoms with E-state index >= 15 is 0 Å². The molecule has 0 aliphatic rings. The van der Waals surface area contributed by atoms with Gasteiger partial charge in [-0.15, -0.1) is 10.2 Å². The van der Waals surface area contributed by atoms with Crippen LogP contribution < -0.4 is 5.73 Å². The quantitative estimate of drug-likeness (QED) is 0.403. The fraction of sp³-hybridized carbons (Fsp3) is 0.222. The summed E-state index contributed by atoms with van der Waals surface area (Å²) >= 11 is 1.55. The van der Waals surface area contributed by atoms with Crippen molar-refractivity contribution in [1.82, 2.24) is 14.8 Å². The Morgan fingerprint density at radius 3 is 2.58 bits per heavy atom. The molecule has 2 N–H and O–H groups in total. The lowest BCUT2D eigenvalue weighted by molar-refractivity contribution is -0.384. The van der Waals surface area contributed by atoms with Crippen molar-refractivity contribution in [3.63, 3.8) is 0 Å². The van der Waals surface area contributed by atoms with Crippen LogP contribution in [0.3, 0.4) is 0 Å². The highest BCUT2D eigenvalue weighted by Gasteiger charge is 2.18. The maximum Gasteiger partial charge on any atom is 0.269 e. The summed E-state index contributed by atoms with van der Waals surface area (Å²) in [6.45, 7) is 3.89. The molecule has 1 heterocycles. The number of nitro benzene ring substituents is 1. The summed E-state index contributed by atoms with van der Waals surface area (Å²) in [5.41, 5.74) is 9.21. The Kier molecular flexibility index (Phi) is 5.34. The maximum atomic E-state index is 10.9. The molecule has 134 valence electrons. The summed E-state index contributed by atoms with van der Waals surface area (Å²) in [4.78, 5) is 10.5. The van der Waals surface area contributed by atoms with E-state index in [9.17, 15) is 10.1 Å². The molecule has 7 nitrogen and oxygen atoms in total. The zero-order chi connectivity index (χ0) is 18.7. The maximum absolute atomic E-state index is 10.9. The van der Waals surface area contributed by atoms with E-state index in [4.69, 9.17) is 5.73 Å². The minimum Gasteiger partial charge on any atom is -0.322 e. The van der Waals surface area contributed by atoms with E-state index in [1.54, 1.807) is 23.9 Å². The smallest absolute Gasteiger partial charge is 0.269 e. The molecule has 26 heavy (non-hydrogen) atoms. The second-order valence-electron chi connectivity index (χ2n) is 6.02. The van der Waals surface area contributed by atoms with Crippen LogP contribution in [-0.4, -0.2) is 19.7 Å². The number of nitrogens with two attached hydrogens (primary N) is 1. The molecule has 1 aromatic heterocycles. The predicted molar refractivity (Wildman–Crippen MR) is 101 cm³/mol. The molecule has 0 amide bonds. The van der Waals surface area contributed by atoms with Gasteiger partial charge in [0.1, 0.15) is 0 Å². The number of nitrogens with zero attached hydrogens (tertiary/aromatic N) is 4. The third-order valence-electron chi connectivity index (χ3n) is 3.83. The van der Waals surface area contributed by atoms with Gasteiger partial charge in [0.25, 0.3) is 5.69 Å². The van der Waals surface area contributed by atoms with Crippen molar-refractivity contribution in [2.45, 2.75) is 30.8 Å². The minimum atomic E-state index is -0.421. The zero-order valence-corrected chi connectivity index (χ0v) is 15.3. The second kappa shape index (κ2) is 7.67. The molecule has 1 unspecified atom stereocenters. The first-order valence-corrected chi connectivity index (χ1v) is 9.08. The number of benzene rings is 2.